The highest BCUT2D eigenvalue weighted by atomic mass is 16.5. The van der Waals surface area contributed by atoms with Gasteiger partial charge in [0, 0.05) is 19.8 Å². The molecule has 1 saturated carbocycles. The van der Waals surface area contributed by atoms with E-state index in [1.807, 2.05) is 0 Å². The van der Waals surface area contributed by atoms with Crippen LogP contribution in [0.2, 0.25) is 0 Å². The van der Waals surface area contributed by atoms with Crippen LogP contribution < -0.4 is 5.32 Å². The average molecular weight is 284 g/mol. The van der Waals surface area contributed by atoms with Crippen LogP contribution in [0.15, 0.2) is 0 Å². The SMILES string of the molecule is CCCNCC1(CCOCC)CCC(C(C)(C)C)CC1. The van der Waals surface area contributed by atoms with Gasteiger partial charge < -0.3 is 10.1 Å². The zero-order valence-corrected chi connectivity index (χ0v) is 14.6. The van der Waals surface area contributed by atoms with Gasteiger partial charge in [0.2, 0.25) is 0 Å². The summed E-state index contributed by atoms with van der Waals surface area (Å²) in [6.07, 6.45) is 7.99. The normalized spacial score (nSPS) is 27.8. The van der Waals surface area contributed by atoms with E-state index in [4.69, 9.17) is 4.74 Å². The van der Waals surface area contributed by atoms with Crippen molar-refractivity contribution in [2.75, 3.05) is 26.3 Å². The second-order valence-corrected chi connectivity index (χ2v) is 7.76. The molecule has 120 valence electrons. The summed E-state index contributed by atoms with van der Waals surface area (Å²) in [5.74, 6) is 0.897. The largest absolute Gasteiger partial charge is 0.382 e. The summed E-state index contributed by atoms with van der Waals surface area (Å²) in [6.45, 7) is 15.7. The molecule has 1 rings (SSSR count). The number of ether oxygens (including phenoxy) is 1. The number of hydrogen-bond donors (Lipinski definition) is 1. The minimum absolute atomic E-state index is 0.475. The lowest BCUT2D eigenvalue weighted by Gasteiger charge is -2.44. The van der Waals surface area contributed by atoms with Gasteiger partial charge in [0.25, 0.3) is 0 Å². The molecule has 1 aliphatic carbocycles. The summed E-state index contributed by atoms with van der Waals surface area (Å²) in [7, 11) is 0. The van der Waals surface area contributed by atoms with Crippen LogP contribution in [0.25, 0.3) is 0 Å². The summed E-state index contributed by atoms with van der Waals surface area (Å²) >= 11 is 0. The Labute approximate surface area is 127 Å². The average Bonchev–Trinajstić information content (AvgIpc) is 2.39. The van der Waals surface area contributed by atoms with Crippen LogP contribution >= 0.6 is 0 Å². The molecule has 0 atom stereocenters. The molecule has 2 heteroatoms. The smallest absolute Gasteiger partial charge is 0.0471 e. The van der Waals surface area contributed by atoms with E-state index in [1.54, 1.807) is 0 Å². The fourth-order valence-corrected chi connectivity index (χ4v) is 3.57. The van der Waals surface area contributed by atoms with Crippen molar-refractivity contribution in [1.29, 1.82) is 0 Å². The molecule has 1 fully saturated rings. The van der Waals surface area contributed by atoms with Gasteiger partial charge in [-0.1, -0.05) is 27.7 Å². The van der Waals surface area contributed by atoms with Crippen molar-refractivity contribution >= 4 is 0 Å². The van der Waals surface area contributed by atoms with E-state index in [1.165, 1.54) is 45.1 Å². The third-order valence-electron chi connectivity index (χ3n) is 5.18. The Kier molecular flexibility index (Phi) is 7.53. The van der Waals surface area contributed by atoms with Gasteiger partial charge in [0.15, 0.2) is 0 Å². The van der Waals surface area contributed by atoms with Crippen LogP contribution in [-0.2, 0) is 4.74 Å². The second-order valence-electron chi connectivity index (χ2n) is 7.76. The first-order valence-electron chi connectivity index (χ1n) is 8.72. The highest BCUT2D eigenvalue weighted by Gasteiger charge is 2.38. The molecule has 0 aliphatic heterocycles. The Bertz CT molecular complexity index is 237. The lowest BCUT2D eigenvalue weighted by molar-refractivity contribution is 0.0456. The van der Waals surface area contributed by atoms with Gasteiger partial charge in [-0.3, -0.25) is 0 Å². The summed E-state index contributed by atoms with van der Waals surface area (Å²) in [5, 5.41) is 3.67. The molecule has 0 spiro atoms. The molecule has 1 N–H and O–H groups in total. The van der Waals surface area contributed by atoms with E-state index in [-0.39, 0.29) is 0 Å². The van der Waals surface area contributed by atoms with Crippen molar-refractivity contribution in [2.45, 2.75) is 73.1 Å². The van der Waals surface area contributed by atoms with Gasteiger partial charge in [-0.2, -0.15) is 0 Å². The zero-order valence-electron chi connectivity index (χ0n) is 14.6. The third kappa shape index (κ3) is 5.73. The maximum Gasteiger partial charge on any atom is 0.0471 e. The van der Waals surface area contributed by atoms with E-state index in [0.29, 0.717) is 10.8 Å². The van der Waals surface area contributed by atoms with E-state index in [2.05, 4.69) is 39.9 Å². The quantitative estimate of drug-likeness (QED) is 0.655. The van der Waals surface area contributed by atoms with Crippen molar-refractivity contribution in [1.82, 2.24) is 5.32 Å². The van der Waals surface area contributed by atoms with Crippen LogP contribution in [0, 0.1) is 16.7 Å². The van der Waals surface area contributed by atoms with Crippen molar-refractivity contribution in [3.05, 3.63) is 0 Å². The van der Waals surface area contributed by atoms with Crippen LogP contribution in [0.5, 0.6) is 0 Å². The molecule has 1 aliphatic rings. The van der Waals surface area contributed by atoms with Crippen LogP contribution in [0.4, 0.5) is 0 Å². The molecule has 0 bridgehead atoms. The highest BCUT2D eigenvalue weighted by molar-refractivity contribution is 4.90. The maximum atomic E-state index is 5.63. The molecule has 0 radical (unpaired) electrons. The number of hydrogen-bond acceptors (Lipinski definition) is 2. The first kappa shape index (κ1) is 18.0. The first-order chi connectivity index (χ1) is 9.43. The molecule has 0 saturated heterocycles. The predicted octanol–water partition coefficient (Wildman–Crippen LogP) is 4.64. The summed E-state index contributed by atoms with van der Waals surface area (Å²) in [6, 6.07) is 0. The zero-order chi connectivity index (χ0) is 15.1. The molecule has 0 aromatic rings. The topological polar surface area (TPSA) is 21.3 Å². The van der Waals surface area contributed by atoms with Gasteiger partial charge in [-0.05, 0) is 68.7 Å². The lowest BCUT2D eigenvalue weighted by Crippen LogP contribution is -2.40. The minimum atomic E-state index is 0.475. The molecule has 0 heterocycles. The van der Waals surface area contributed by atoms with Gasteiger partial charge in [-0.15, -0.1) is 0 Å². The molecule has 0 aromatic carbocycles. The van der Waals surface area contributed by atoms with E-state index in [0.717, 1.165) is 25.7 Å². The number of rotatable bonds is 8. The molecule has 0 amide bonds. The Hall–Kier alpha value is -0.0800. The Morgan fingerprint density at radius 2 is 1.80 bits per heavy atom. The van der Waals surface area contributed by atoms with Crippen molar-refractivity contribution in [3.63, 3.8) is 0 Å². The molecule has 0 unspecified atom stereocenters. The predicted molar refractivity (Wildman–Crippen MR) is 88.1 cm³/mol. The Balaban J connectivity index is 2.52. The van der Waals surface area contributed by atoms with Crippen LogP contribution in [0.3, 0.4) is 0 Å². The van der Waals surface area contributed by atoms with Crippen LogP contribution in [0.1, 0.15) is 73.1 Å². The highest BCUT2D eigenvalue weighted by Crippen LogP contribution is 2.46. The van der Waals surface area contributed by atoms with E-state index >= 15 is 0 Å². The minimum Gasteiger partial charge on any atom is -0.382 e. The van der Waals surface area contributed by atoms with Crippen molar-refractivity contribution in [3.8, 4) is 0 Å². The van der Waals surface area contributed by atoms with Gasteiger partial charge in [0.1, 0.15) is 0 Å². The molecule has 20 heavy (non-hydrogen) atoms. The fraction of sp³-hybridized carbons (Fsp3) is 1.00. The van der Waals surface area contributed by atoms with Gasteiger partial charge in [-0.25, -0.2) is 0 Å². The van der Waals surface area contributed by atoms with Crippen molar-refractivity contribution in [2.24, 2.45) is 16.7 Å². The first-order valence-corrected chi connectivity index (χ1v) is 8.72. The Morgan fingerprint density at radius 1 is 1.15 bits per heavy atom. The van der Waals surface area contributed by atoms with E-state index in [9.17, 15) is 0 Å². The lowest BCUT2D eigenvalue weighted by atomic mass is 9.63. The third-order valence-corrected chi connectivity index (χ3v) is 5.18. The summed E-state index contributed by atoms with van der Waals surface area (Å²) in [5.41, 5.74) is 0.967. The standard InChI is InChI=1S/C18H37NO/c1-6-13-19-15-18(12-14-20-7-2)10-8-16(9-11-18)17(3,4)5/h16,19H,6-15H2,1-5H3. The van der Waals surface area contributed by atoms with E-state index < -0.39 is 0 Å². The summed E-state index contributed by atoms with van der Waals surface area (Å²) < 4.78 is 5.63. The van der Waals surface area contributed by atoms with Crippen molar-refractivity contribution < 1.29 is 4.74 Å². The molecular weight excluding hydrogens is 246 g/mol. The molecule has 0 aromatic heterocycles. The summed E-state index contributed by atoms with van der Waals surface area (Å²) in [4.78, 5) is 0. The fourth-order valence-electron chi connectivity index (χ4n) is 3.57. The molecular formula is C18H37NO. The monoisotopic (exact) mass is 283 g/mol. The number of nitrogens with one attached hydrogen (secondary N) is 1. The second kappa shape index (κ2) is 8.38. The van der Waals surface area contributed by atoms with Gasteiger partial charge >= 0.3 is 0 Å². The Morgan fingerprint density at radius 3 is 2.30 bits per heavy atom. The maximum absolute atomic E-state index is 5.63. The van der Waals surface area contributed by atoms with Crippen LogP contribution in [-0.4, -0.2) is 26.3 Å². The molecule has 2 nitrogen and oxygen atoms in total. The van der Waals surface area contributed by atoms with Gasteiger partial charge in [0.05, 0.1) is 0 Å².